The molecule has 0 unspecified atom stereocenters. The van der Waals surface area contributed by atoms with Gasteiger partial charge in [0.05, 0.1) is 0 Å². The van der Waals surface area contributed by atoms with Crippen LogP contribution in [0, 0.1) is 13.8 Å². The Hall–Kier alpha value is -2.07. The van der Waals surface area contributed by atoms with Gasteiger partial charge in [0.1, 0.15) is 11.5 Å². The lowest BCUT2D eigenvalue weighted by atomic mass is 10.3. The molecule has 2 aromatic rings. The number of nitrogens with one attached hydrogen (secondary N) is 1. The van der Waals surface area contributed by atoms with Gasteiger partial charge in [-0.25, -0.2) is 0 Å². The number of hydrogen-bond acceptors (Lipinski definition) is 4. The maximum atomic E-state index is 5.73. The molecule has 0 aliphatic rings. The first-order chi connectivity index (χ1) is 8.17. The van der Waals surface area contributed by atoms with Gasteiger partial charge in [0, 0.05) is 29.2 Å². The monoisotopic (exact) mass is 229 g/mol. The quantitative estimate of drug-likeness (QED) is 0.627. The van der Waals surface area contributed by atoms with Crippen molar-refractivity contribution in [3.63, 3.8) is 0 Å². The first-order valence-corrected chi connectivity index (χ1v) is 5.37. The number of aryl methyl sites for hydroxylation is 2. The zero-order chi connectivity index (χ0) is 12.3. The first kappa shape index (κ1) is 11.4. The number of hydrazine groups is 1. The largest absolute Gasteiger partial charge is 0.457 e. The molecular weight excluding hydrogens is 214 g/mol. The SMILES string of the molecule is Cc1cc(Oc2ccc(NN)cc2)cc(C)n1. The molecule has 0 spiro atoms. The predicted octanol–water partition coefficient (Wildman–Crippen LogP) is 2.78. The summed E-state index contributed by atoms with van der Waals surface area (Å²) >= 11 is 0. The Kier molecular flexibility index (Phi) is 3.25. The number of anilines is 1. The van der Waals surface area contributed by atoms with Crippen molar-refractivity contribution < 1.29 is 4.74 Å². The minimum atomic E-state index is 0.772. The van der Waals surface area contributed by atoms with Crippen LogP contribution in [0.15, 0.2) is 36.4 Å². The van der Waals surface area contributed by atoms with E-state index in [2.05, 4.69) is 10.4 Å². The van der Waals surface area contributed by atoms with Crippen molar-refractivity contribution in [3.05, 3.63) is 47.8 Å². The average molecular weight is 229 g/mol. The standard InChI is InChI=1S/C13H15N3O/c1-9-7-13(8-10(2)15-9)17-12-5-3-11(16-14)4-6-12/h3-8,16H,14H2,1-2H3. The molecule has 0 aliphatic carbocycles. The molecule has 88 valence electrons. The van der Waals surface area contributed by atoms with E-state index in [1.54, 1.807) is 0 Å². The molecule has 2 rings (SSSR count). The van der Waals surface area contributed by atoms with Gasteiger partial charge >= 0.3 is 0 Å². The number of benzene rings is 1. The van der Waals surface area contributed by atoms with E-state index in [1.165, 1.54) is 0 Å². The van der Waals surface area contributed by atoms with E-state index in [0.29, 0.717) is 0 Å². The highest BCUT2D eigenvalue weighted by molar-refractivity contribution is 5.46. The number of aromatic nitrogens is 1. The molecule has 4 heteroatoms. The lowest BCUT2D eigenvalue weighted by Gasteiger charge is -2.08. The fourth-order valence-electron chi connectivity index (χ4n) is 1.61. The van der Waals surface area contributed by atoms with Gasteiger partial charge in [-0.05, 0) is 38.1 Å². The Bertz CT molecular complexity index is 488. The second-order valence-electron chi connectivity index (χ2n) is 3.86. The summed E-state index contributed by atoms with van der Waals surface area (Å²) in [6.07, 6.45) is 0. The van der Waals surface area contributed by atoms with Crippen molar-refractivity contribution in [2.24, 2.45) is 5.84 Å². The number of nitrogens with zero attached hydrogens (tertiary/aromatic N) is 1. The summed E-state index contributed by atoms with van der Waals surface area (Å²) in [6, 6.07) is 11.2. The minimum absolute atomic E-state index is 0.772. The van der Waals surface area contributed by atoms with Crippen LogP contribution in [0.25, 0.3) is 0 Å². The van der Waals surface area contributed by atoms with Crippen molar-refractivity contribution in [3.8, 4) is 11.5 Å². The van der Waals surface area contributed by atoms with Crippen LogP contribution < -0.4 is 16.0 Å². The molecule has 0 fully saturated rings. The van der Waals surface area contributed by atoms with E-state index in [4.69, 9.17) is 10.6 Å². The molecule has 0 amide bonds. The van der Waals surface area contributed by atoms with E-state index in [-0.39, 0.29) is 0 Å². The highest BCUT2D eigenvalue weighted by atomic mass is 16.5. The molecule has 0 aliphatic heterocycles. The Morgan fingerprint density at radius 2 is 1.59 bits per heavy atom. The maximum Gasteiger partial charge on any atom is 0.131 e. The average Bonchev–Trinajstić information content (AvgIpc) is 2.28. The maximum absolute atomic E-state index is 5.73. The van der Waals surface area contributed by atoms with Crippen LogP contribution in [0.5, 0.6) is 11.5 Å². The summed E-state index contributed by atoms with van der Waals surface area (Å²) in [5, 5.41) is 0. The number of nitrogens with two attached hydrogens (primary N) is 1. The molecule has 4 nitrogen and oxygen atoms in total. The van der Waals surface area contributed by atoms with Gasteiger partial charge in [-0.1, -0.05) is 0 Å². The molecule has 3 N–H and O–H groups in total. The van der Waals surface area contributed by atoms with Crippen LogP contribution >= 0.6 is 0 Å². The summed E-state index contributed by atoms with van der Waals surface area (Å²) in [7, 11) is 0. The van der Waals surface area contributed by atoms with Gasteiger partial charge in [-0.3, -0.25) is 10.8 Å². The van der Waals surface area contributed by atoms with Crippen LogP contribution in [-0.4, -0.2) is 4.98 Å². The fraction of sp³-hybridized carbons (Fsp3) is 0.154. The third kappa shape index (κ3) is 2.95. The van der Waals surface area contributed by atoms with E-state index in [9.17, 15) is 0 Å². The van der Waals surface area contributed by atoms with E-state index in [0.717, 1.165) is 28.6 Å². The highest BCUT2D eigenvalue weighted by Gasteiger charge is 2.00. The van der Waals surface area contributed by atoms with Crippen LogP contribution in [-0.2, 0) is 0 Å². The van der Waals surface area contributed by atoms with Crippen molar-refractivity contribution in [2.75, 3.05) is 5.43 Å². The normalized spacial score (nSPS) is 10.1. The zero-order valence-corrected chi connectivity index (χ0v) is 9.90. The Labute approximate surface area is 100 Å². The number of rotatable bonds is 3. The highest BCUT2D eigenvalue weighted by Crippen LogP contribution is 2.23. The lowest BCUT2D eigenvalue weighted by molar-refractivity contribution is 0.481. The number of ether oxygens (including phenoxy) is 1. The van der Waals surface area contributed by atoms with Crippen molar-refractivity contribution in [1.82, 2.24) is 4.98 Å². The summed E-state index contributed by atoms with van der Waals surface area (Å²) in [5.74, 6) is 6.86. The molecule has 0 radical (unpaired) electrons. The van der Waals surface area contributed by atoms with Crippen molar-refractivity contribution in [2.45, 2.75) is 13.8 Å². The van der Waals surface area contributed by atoms with E-state index < -0.39 is 0 Å². The lowest BCUT2D eigenvalue weighted by Crippen LogP contribution is -2.05. The van der Waals surface area contributed by atoms with Crippen molar-refractivity contribution >= 4 is 5.69 Å². The zero-order valence-electron chi connectivity index (χ0n) is 9.90. The molecule has 0 atom stereocenters. The molecule has 0 saturated heterocycles. The third-order valence-corrected chi connectivity index (χ3v) is 2.31. The second-order valence-corrected chi connectivity index (χ2v) is 3.86. The molecule has 1 heterocycles. The van der Waals surface area contributed by atoms with Crippen LogP contribution in [0.1, 0.15) is 11.4 Å². The Morgan fingerprint density at radius 3 is 2.12 bits per heavy atom. The van der Waals surface area contributed by atoms with Crippen molar-refractivity contribution in [1.29, 1.82) is 0 Å². The van der Waals surface area contributed by atoms with Crippen LogP contribution in [0.3, 0.4) is 0 Å². The van der Waals surface area contributed by atoms with E-state index in [1.807, 2.05) is 50.2 Å². The van der Waals surface area contributed by atoms with Gasteiger partial charge in [0.15, 0.2) is 0 Å². The Balaban J connectivity index is 2.19. The molecular formula is C13H15N3O. The van der Waals surface area contributed by atoms with Gasteiger partial charge in [0.2, 0.25) is 0 Å². The summed E-state index contributed by atoms with van der Waals surface area (Å²) in [6.45, 7) is 3.89. The van der Waals surface area contributed by atoms with Crippen LogP contribution in [0.4, 0.5) is 5.69 Å². The number of pyridine rings is 1. The predicted molar refractivity (Wildman–Crippen MR) is 68.0 cm³/mol. The van der Waals surface area contributed by atoms with Gasteiger partial charge in [0.25, 0.3) is 0 Å². The summed E-state index contributed by atoms with van der Waals surface area (Å²) in [5.41, 5.74) is 5.31. The second kappa shape index (κ2) is 4.84. The summed E-state index contributed by atoms with van der Waals surface area (Å²) < 4.78 is 5.73. The van der Waals surface area contributed by atoms with Gasteiger partial charge in [-0.2, -0.15) is 0 Å². The van der Waals surface area contributed by atoms with E-state index >= 15 is 0 Å². The smallest absolute Gasteiger partial charge is 0.131 e. The molecule has 1 aromatic carbocycles. The topological polar surface area (TPSA) is 60.2 Å². The molecule has 0 bridgehead atoms. The summed E-state index contributed by atoms with van der Waals surface area (Å²) in [4.78, 5) is 4.30. The fourth-order valence-corrected chi connectivity index (χ4v) is 1.61. The van der Waals surface area contributed by atoms with Gasteiger partial charge in [-0.15, -0.1) is 0 Å². The molecule has 17 heavy (non-hydrogen) atoms. The minimum Gasteiger partial charge on any atom is -0.457 e. The molecule has 0 saturated carbocycles. The van der Waals surface area contributed by atoms with Gasteiger partial charge < -0.3 is 10.2 Å². The Morgan fingerprint density at radius 1 is 1.00 bits per heavy atom. The number of nitrogen functional groups attached to an aromatic ring is 1. The van der Waals surface area contributed by atoms with Crippen LogP contribution in [0.2, 0.25) is 0 Å². The first-order valence-electron chi connectivity index (χ1n) is 5.37. The molecule has 1 aromatic heterocycles. The third-order valence-electron chi connectivity index (χ3n) is 2.31. The number of hydrogen-bond donors (Lipinski definition) is 2.